The summed E-state index contributed by atoms with van der Waals surface area (Å²) in [6, 6.07) is 8.75. The van der Waals surface area contributed by atoms with Crippen LogP contribution in [-0.2, 0) is 10.0 Å². The van der Waals surface area contributed by atoms with Crippen LogP contribution in [0.3, 0.4) is 0 Å². The number of amides is 1. The van der Waals surface area contributed by atoms with Gasteiger partial charge in [0.2, 0.25) is 10.0 Å². The Hall–Kier alpha value is -2.55. The molecule has 0 saturated heterocycles. The molecule has 2 N–H and O–H groups in total. The Labute approximate surface area is 181 Å². The number of carbonyl (C=O) groups is 1. The van der Waals surface area contributed by atoms with E-state index in [4.69, 9.17) is 0 Å². The molecule has 3 rings (SSSR count). The predicted octanol–water partition coefficient (Wildman–Crippen LogP) is 4.59. The number of nitrogens with zero attached hydrogens (tertiary/aromatic N) is 1. The second-order valence-corrected chi connectivity index (χ2v) is 9.85. The number of hydrogen-bond acceptors (Lipinski definition) is 5. The van der Waals surface area contributed by atoms with E-state index < -0.39 is 15.9 Å². The van der Waals surface area contributed by atoms with Crippen LogP contribution < -0.4 is 10.0 Å². The van der Waals surface area contributed by atoms with Gasteiger partial charge in [0.25, 0.3) is 5.91 Å². The van der Waals surface area contributed by atoms with Crippen molar-refractivity contribution in [2.24, 2.45) is 0 Å². The first-order chi connectivity index (χ1) is 14.1. The Morgan fingerprint density at radius 1 is 1.00 bits per heavy atom. The van der Waals surface area contributed by atoms with Crippen molar-refractivity contribution in [2.45, 2.75) is 39.5 Å². The fraction of sp³-hybridized carbons (Fsp3) is 0.273. The SMILES string of the molecule is CCNS(=O)(=O)c1ccc(C)c(C(=O)Nc2nc(-c3cc(C)c(C)cc3C)cs2)c1. The molecule has 30 heavy (non-hydrogen) atoms. The quantitative estimate of drug-likeness (QED) is 0.583. The number of nitrogens with one attached hydrogen (secondary N) is 2. The summed E-state index contributed by atoms with van der Waals surface area (Å²) in [7, 11) is -3.64. The van der Waals surface area contributed by atoms with Crippen LogP contribution in [0.1, 0.15) is 39.5 Å². The molecule has 6 nitrogen and oxygen atoms in total. The number of anilines is 1. The molecule has 0 saturated carbocycles. The maximum absolute atomic E-state index is 12.8. The molecule has 0 bridgehead atoms. The first-order valence-corrected chi connectivity index (χ1v) is 11.9. The van der Waals surface area contributed by atoms with Crippen LogP contribution in [0.5, 0.6) is 0 Å². The average molecular weight is 444 g/mol. The van der Waals surface area contributed by atoms with Crippen LogP contribution in [0.15, 0.2) is 40.6 Å². The highest BCUT2D eigenvalue weighted by Gasteiger charge is 2.18. The summed E-state index contributed by atoms with van der Waals surface area (Å²) in [5.74, 6) is -0.390. The standard InChI is InChI=1S/C22H25N3O3S2/c1-6-23-30(27,28)17-8-7-13(2)19(11-17)21(26)25-22-24-20(12-29-22)18-10-15(4)14(3)9-16(18)5/h7-12,23H,6H2,1-5H3,(H,24,25,26). The molecule has 2 aromatic carbocycles. The summed E-state index contributed by atoms with van der Waals surface area (Å²) >= 11 is 1.34. The number of hydrogen-bond donors (Lipinski definition) is 2. The number of benzene rings is 2. The normalized spacial score (nSPS) is 11.5. The van der Waals surface area contributed by atoms with Crippen LogP contribution in [0.25, 0.3) is 11.3 Å². The lowest BCUT2D eigenvalue weighted by Crippen LogP contribution is -2.24. The second-order valence-electron chi connectivity index (χ2n) is 7.22. The van der Waals surface area contributed by atoms with E-state index in [2.05, 4.69) is 41.0 Å². The second kappa shape index (κ2) is 8.67. The van der Waals surface area contributed by atoms with Crippen LogP contribution in [0.4, 0.5) is 5.13 Å². The molecule has 1 aromatic heterocycles. The van der Waals surface area contributed by atoms with Gasteiger partial charge in [-0.2, -0.15) is 0 Å². The van der Waals surface area contributed by atoms with Gasteiger partial charge >= 0.3 is 0 Å². The smallest absolute Gasteiger partial charge is 0.257 e. The van der Waals surface area contributed by atoms with Gasteiger partial charge in [-0.25, -0.2) is 18.1 Å². The maximum atomic E-state index is 12.8. The molecule has 158 valence electrons. The molecule has 0 spiro atoms. The minimum absolute atomic E-state index is 0.0608. The maximum Gasteiger partial charge on any atom is 0.257 e. The molecule has 1 heterocycles. The Bertz CT molecular complexity index is 1210. The summed E-state index contributed by atoms with van der Waals surface area (Å²) < 4.78 is 27.0. The summed E-state index contributed by atoms with van der Waals surface area (Å²) in [6.45, 7) is 9.92. The molecule has 0 atom stereocenters. The van der Waals surface area contributed by atoms with Gasteiger partial charge in [0, 0.05) is 23.1 Å². The number of carbonyl (C=O) groups excluding carboxylic acids is 1. The van der Waals surface area contributed by atoms with Crippen LogP contribution in [0.2, 0.25) is 0 Å². The van der Waals surface area contributed by atoms with Crippen molar-refractivity contribution < 1.29 is 13.2 Å². The predicted molar refractivity (Wildman–Crippen MR) is 122 cm³/mol. The van der Waals surface area contributed by atoms with Crippen molar-refractivity contribution in [1.82, 2.24) is 9.71 Å². The van der Waals surface area contributed by atoms with Crippen molar-refractivity contribution in [2.75, 3.05) is 11.9 Å². The highest BCUT2D eigenvalue weighted by Crippen LogP contribution is 2.30. The molecule has 0 radical (unpaired) electrons. The fourth-order valence-corrected chi connectivity index (χ4v) is 4.91. The van der Waals surface area contributed by atoms with Gasteiger partial charge in [0.05, 0.1) is 10.6 Å². The van der Waals surface area contributed by atoms with E-state index >= 15 is 0 Å². The van der Waals surface area contributed by atoms with E-state index in [9.17, 15) is 13.2 Å². The van der Waals surface area contributed by atoms with E-state index in [0.717, 1.165) is 16.8 Å². The summed E-state index contributed by atoms with van der Waals surface area (Å²) in [5, 5.41) is 5.17. The third-order valence-electron chi connectivity index (χ3n) is 4.94. The van der Waals surface area contributed by atoms with E-state index in [1.54, 1.807) is 19.9 Å². The Morgan fingerprint density at radius 3 is 2.40 bits per heavy atom. The van der Waals surface area contributed by atoms with Gasteiger partial charge in [-0.15, -0.1) is 11.3 Å². The highest BCUT2D eigenvalue weighted by atomic mass is 32.2. The Balaban J connectivity index is 1.87. The molecule has 0 aliphatic carbocycles. The van der Waals surface area contributed by atoms with Gasteiger partial charge in [-0.3, -0.25) is 10.1 Å². The zero-order valence-electron chi connectivity index (χ0n) is 17.7. The first kappa shape index (κ1) is 22.1. The Morgan fingerprint density at radius 2 is 1.70 bits per heavy atom. The summed E-state index contributed by atoms with van der Waals surface area (Å²) in [5.41, 5.74) is 6.35. The minimum Gasteiger partial charge on any atom is -0.298 e. The van der Waals surface area contributed by atoms with Crippen LogP contribution in [0, 0.1) is 27.7 Å². The molecule has 0 unspecified atom stereocenters. The molecule has 0 aliphatic rings. The number of rotatable bonds is 6. The highest BCUT2D eigenvalue weighted by molar-refractivity contribution is 7.89. The molecule has 8 heteroatoms. The third kappa shape index (κ3) is 4.61. The van der Waals surface area contributed by atoms with E-state index in [0.29, 0.717) is 16.3 Å². The van der Waals surface area contributed by atoms with Gasteiger partial charge in [-0.05, 0) is 68.1 Å². The lowest BCUT2D eigenvalue weighted by Gasteiger charge is -2.10. The monoisotopic (exact) mass is 443 g/mol. The minimum atomic E-state index is -3.64. The molecular weight excluding hydrogens is 418 g/mol. The number of thiazole rings is 1. The summed E-state index contributed by atoms with van der Waals surface area (Å²) in [4.78, 5) is 17.4. The third-order valence-corrected chi connectivity index (χ3v) is 7.24. The lowest BCUT2D eigenvalue weighted by molar-refractivity contribution is 0.102. The number of aryl methyl sites for hydroxylation is 4. The van der Waals surface area contributed by atoms with Gasteiger partial charge in [0.15, 0.2) is 5.13 Å². The lowest BCUT2D eigenvalue weighted by atomic mass is 9.99. The summed E-state index contributed by atoms with van der Waals surface area (Å²) in [6.07, 6.45) is 0. The first-order valence-electron chi connectivity index (χ1n) is 9.57. The average Bonchev–Trinajstić information content (AvgIpc) is 3.12. The zero-order chi connectivity index (χ0) is 22.1. The molecule has 3 aromatic rings. The zero-order valence-corrected chi connectivity index (χ0v) is 19.3. The number of sulfonamides is 1. The largest absolute Gasteiger partial charge is 0.298 e. The van der Waals surface area contributed by atoms with Gasteiger partial charge < -0.3 is 0 Å². The number of aromatic nitrogens is 1. The van der Waals surface area contributed by atoms with E-state index in [-0.39, 0.29) is 11.4 Å². The van der Waals surface area contributed by atoms with E-state index in [1.165, 1.54) is 34.6 Å². The fourth-order valence-electron chi connectivity index (χ4n) is 3.14. The topological polar surface area (TPSA) is 88.2 Å². The Kier molecular flexibility index (Phi) is 6.40. The van der Waals surface area contributed by atoms with Crippen molar-refractivity contribution in [3.05, 3.63) is 63.5 Å². The molecule has 0 fully saturated rings. The van der Waals surface area contributed by atoms with Crippen LogP contribution >= 0.6 is 11.3 Å². The van der Waals surface area contributed by atoms with E-state index in [1.807, 2.05) is 12.3 Å². The van der Waals surface area contributed by atoms with Crippen molar-refractivity contribution in [3.8, 4) is 11.3 Å². The molecule has 1 amide bonds. The van der Waals surface area contributed by atoms with Crippen molar-refractivity contribution in [3.63, 3.8) is 0 Å². The molecular formula is C22H25N3O3S2. The molecule has 0 aliphatic heterocycles. The van der Waals surface area contributed by atoms with Crippen LogP contribution in [-0.4, -0.2) is 25.9 Å². The van der Waals surface area contributed by atoms with Gasteiger partial charge in [0.1, 0.15) is 0 Å². The van der Waals surface area contributed by atoms with Crippen molar-refractivity contribution >= 4 is 32.4 Å². The van der Waals surface area contributed by atoms with Crippen molar-refractivity contribution in [1.29, 1.82) is 0 Å². The van der Waals surface area contributed by atoms with Gasteiger partial charge in [-0.1, -0.05) is 19.1 Å².